The Bertz CT molecular complexity index is 547. The van der Waals surface area contributed by atoms with Crippen LogP contribution < -0.4 is 5.32 Å². The van der Waals surface area contributed by atoms with Gasteiger partial charge in [0, 0.05) is 18.7 Å². The second kappa shape index (κ2) is 6.90. The Labute approximate surface area is 119 Å². The molecule has 0 heterocycles. The number of carbonyl (C=O) groups is 2. The lowest BCUT2D eigenvalue weighted by molar-refractivity contribution is -0.387. The van der Waals surface area contributed by atoms with Crippen molar-refractivity contribution in [3.8, 4) is 0 Å². The van der Waals surface area contributed by atoms with E-state index in [2.05, 4.69) is 5.32 Å². The summed E-state index contributed by atoms with van der Waals surface area (Å²) >= 11 is 0.907. The summed E-state index contributed by atoms with van der Waals surface area (Å²) in [6.45, 7) is 1.69. The zero-order valence-corrected chi connectivity index (χ0v) is 11.8. The molecular weight excluding hydrogens is 284 g/mol. The van der Waals surface area contributed by atoms with Crippen molar-refractivity contribution in [1.82, 2.24) is 5.32 Å². The van der Waals surface area contributed by atoms with Crippen molar-refractivity contribution in [3.63, 3.8) is 0 Å². The molecule has 0 fully saturated rings. The molecule has 1 amide bonds. The van der Waals surface area contributed by atoms with Crippen molar-refractivity contribution in [2.24, 2.45) is 0 Å². The lowest BCUT2D eigenvalue weighted by Crippen LogP contribution is -2.18. The highest BCUT2D eigenvalue weighted by Gasteiger charge is 2.23. The Balaban J connectivity index is 3.17. The minimum absolute atomic E-state index is 0.159. The number of carboxylic acids is 1. The summed E-state index contributed by atoms with van der Waals surface area (Å²) in [4.78, 5) is 33.1. The largest absolute Gasteiger partial charge is 0.480 e. The molecular formula is C12H14N2O5S. The molecule has 0 bridgehead atoms. The Morgan fingerprint density at radius 1 is 1.50 bits per heavy atom. The summed E-state index contributed by atoms with van der Waals surface area (Å²) in [7, 11) is 1.42. The fourth-order valence-corrected chi connectivity index (χ4v) is 2.48. The van der Waals surface area contributed by atoms with Gasteiger partial charge in [-0.15, -0.1) is 11.8 Å². The van der Waals surface area contributed by atoms with Gasteiger partial charge in [-0.25, -0.2) is 0 Å². The standard InChI is InChI=1S/C12H14N2O5S/c1-3-9(12(16)17)20-10-5-4-7(11(15)13-2)6-8(10)14(18)19/h4-6,9H,3H2,1-2H3,(H,13,15)(H,16,17). The van der Waals surface area contributed by atoms with Crippen LogP contribution in [0.4, 0.5) is 5.69 Å². The van der Waals surface area contributed by atoms with E-state index in [-0.39, 0.29) is 16.1 Å². The van der Waals surface area contributed by atoms with Crippen molar-refractivity contribution < 1.29 is 19.6 Å². The van der Waals surface area contributed by atoms with Crippen LogP contribution in [0.3, 0.4) is 0 Å². The van der Waals surface area contributed by atoms with Gasteiger partial charge in [-0.1, -0.05) is 6.92 Å². The van der Waals surface area contributed by atoms with E-state index in [9.17, 15) is 19.7 Å². The summed E-state index contributed by atoms with van der Waals surface area (Å²) < 4.78 is 0. The zero-order chi connectivity index (χ0) is 15.3. The summed E-state index contributed by atoms with van der Waals surface area (Å²) in [5, 5.41) is 21.6. The van der Waals surface area contributed by atoms with E-state index < -0.39 is 22.0 Å². The minimum Gasteiger partial charge on any atom is -0.480 e. The van der Waals surface area contributed by atoms with Gasteiger partial charge >= 0.3 is 5.97 Å². The van der Waals surface area contributed by atoms with Crippen LogP contribution in [0.5, 0.6) is 0 Å². The lowest BCUT2D eigenvalue weighted by Gasteiger charge is -2.10. The van der Waals surface area contributed by atoms with E-state index in [1.54, 1.807) is 6.92 Å². The van der Waals surface area contributed by atoms with Crippen LogP contribution in [0.25, 0.3) is 0 Å². The molecule has 108 valence electrons. The quantitative estimate of drug-likeness (QED) is 0.471. The van der Waals surface area contributed by atoms with E-state index in [4.69, 9.17) is 5.11 Å². The molecule has 1 atom stereocenters. The van der Waals surface area contributed by atoms with Gasteiger partial charge in [0.05, 0.1) is 9.82 Å². The first-order chi connectivity index (χ1) is 9.40. The van der Waals surface area contributed by atoms with Crippen LogP contribution >= 0.6 is 11.8 Å². The Kier molecular flexibility index (Phi) is 5.51. The molecule has 20 heavy (non-hydrogen) atoms. The summed E-state index contributed by atoms with van der Waals surface area (Å²) in [5.41, 5.74) is -0.109. The maximum absolute atomic E-state index is 11.5. The Hall–Kier alpha value is -2.09. The smallest absolute Gasteiger partial charge is 0.316 e. The number of carbonyl (C=O) groups excluding carboxylic acids is 1. The number of amides is 1. The van der Waals surface area contributed by atoms with Crippen LogP contribution in [-0.2, 0) is 4.79 Å². The van der Waals surface area contributed by atoms with Gasteiger partial charge in [0.15, 0.2) is 0 Å². The average molecular weight is 298 g/mol. The molecule has 8 heteroatoms. The first-order valence-corrected chi connectivity index (χ1v) is 6.68. The SMILES string of the molecule is CCC(Sc1ccc(C(=O)NC)cc1[N+](=O)[O-])C(=O)O. The number of nitrogens with one attached hydrogen (secondary N) is 1. The molecule has 0 aliphatic heterocycles. The molecule has 0 aliphatic rings. The van der Waals surface area contributed by atoms with Crippen LogP contribution in [0.1, 0.15) is 23.7 Å². The Morgan fingerprint density at radius 3 is 2.60 bits per heavy atom. The molecule has 1 aromatic rings. The molecule has 2 N–H and O–H groups in total. The number of aliphatic carboxylic acids is 1. The van der Waals surface area contributed by atoms with Crippen molar-refractivity contribution >= 4 is 29.3 Å². The van der Waals surface area contributed by atoms with Crippen molar-refractivity contribution in [2.45, 2.75) is 23.5 Å². The molecule has 1 rings (SSSR count). The van der Waals surface area contributed by atoms with Crippen molar-refractivity contribution in [1.29, 1.82) is 0 Å². The number of nitro benzene ring substituents is 1. The van der Waals surface area contributed by atoms with Gasteiger partial charge in [-0.05, 0) is 18.6 Å². The second-order valence-electron chi connectivity index (χ2n) is 3.87. The lowest BCUT2D eigenvalue weighted by atomic mass is 10.2. The van der Waals surface area contributed by atoms with E-state index in [0.29, 0.717) is 6.42 Å². The molecule has 0 aromatic heterocycles. The predicted molar refractivity (Wildman–Crippen MR) is 74.1 cm³/mol. The number of rotatable bonds is 6. The van der Waals surface area contributed by atoms with Gasteiger partial charge in [0.25, 0.3) is 11.6 Å². The third-order valence-corrected chi connectivity index (χ3v) is 3.98. The van der Waals surface area contributed by atoms with Crippen molar-refractivity contribution in [2.75, 3.05) is 7.05 Å². The molecule has 0 aliphatic carbocycles. The van der Waals surface area contributed by atoms with E-state index >= 15 is 0 Å². The van der Waals surface area contributed by atoms with Crippen LogP contribution in [-0.4, -0.2) is 34.2 Å². The number of thioether (sulfide) groups is 1. The second-order valence-corrected chi connectivity index (χ2v) is 5.12. The van der Waals surface area contributed by atoms with Crippen LogP contribution in [0, 0.1) is 10.1 Å². The number of hydrogen-bond acceptors (Lipinski definition) is 5. The maximum Gasteiger partial charge on any atom is 0.316 e. The van der Waals surface area contributed by atoms with E-state index in [1.807, 2.05) is 0 Å². The third kappa shape index (κ3) is 3.70. The molecule has 1 unspecified atom stereocenters. The van der Waals surface area contributed by atoms with Gasteiger partial charge in [0.1, 0.15) is 5.25 Å². The number of benzene rings is 1. The maximum atomic E-state index is 11.5. The van der Waals surface area contributed by atoms with Crippen LogP contribution in [0.2, 0.25) is 0 Å². The third-order valence-electron chi connectivity index (χ3n) is 2.56. The summed E-state index contributed by atoms with van der Waals surface area (Å²) in [6.07, 6.45) is 0.342. The molecule has 7 nitrogen and oxygen atoms in total. The first kappa shape index (κ1) is 16.0. The molecule has 0 saturated heterocycles. The number of nitrogens with zero attached hydrogens (tertiary/aromatic N) is 1. The van der Waals surface area contributed by atoms with Gasteiger partial charge in [-0.2, -0.15) is 0 Å². The number of hydrogen-bond donors (Lipinski definition) is 2. The van der Waals surface area contributed by atoms with Gasteiger partial charge < -0.3 is 10.4 Å². The highest BCUT2D eigenvalue weighted by molar-refractivity contribution is 8.00. The summed E-state index contributed by atoms with van der Waals surface area (Å²) in [6, 6.07) is 3.98. The molecule has 0 saturated carbocycles. The predicted octanol–water partition coefficient (Wildman–Crippen LogP) is 1.91. The van der Waals surface area contributed by atoms with E-state index in [1.165, 1.54) is 19.2 Å². The first-order valence-electron chi connectivity index (χ1n) is 5.80. The fourth-order valence-electron chi connectivity index (χ4n) is 1.51. The van der Waals surface area contributed by atoms with Crippen molar-refractivity contribution in [3.05, 3.63) is 33.9 Å². The van der Waals surface area contributed by atoms with Gasteiger partial charge in [-0.3, -0.25) is 19.7 Å². The summed E-state index contributed by atoms with van der Waals surface area (Å²) in [5.74, 6) is -1.46. The number of carboxylic acid groups (broad SMARTS) is 1. The highest BCUT2D eigenvalue weighted by atomic mass is 32.2. The normalized spacial score (nSPS) is 11.7. The molecule has 0 radical (unpaired) electrons. The molecule has 1 aromatic carbocycles. The Morgan fingerprint density at radius 2 is 2.15 bits per heavy atom. The average Bonchev–Trinajstić information content (AvgIpc) is 2.43. The topological polar surface area (TPSA) is 110 Å². The monoisotopic (exact) mass is 298 g/mol. The fraction of sp³-hybridized carbons (Fsp3) is 0.333. The number of nitro groups is 1. The van der Waals surface area contributed by atoms with E-state index in [0.717, 1.165) is 17.8 Å². The zero-order valence-electron chi connectivity index (χ0n) is 11.0. The van der Waals surface area contributed by atoms with Gasteiger partial charge in [0.2, 0.25) is 0 Å². The minimum atomic E-state index is -1.03. The van der Waals surface area contributed by atoms with Crippen LogP contribution in [0.15, 0.2) is 23.1 Å². The molecule has 0 spiro atoms. The highest BCUT2D eigenvalue weighted by Crippen LogP contribution is 2.34.